The standard InChI is InChI=1S/C32H30ClN3O4/c1-3-15-40-21-12-10-19(11-13-21)28(37)26-25-9-6-14-36(25)32(23-17-20(33)16-18(2)27(23)35-30(32)39)31(26)22-7-4-5-8-24(22)34-29(31)38/h4-5,7-8,10-13,16-17,25-26H,3,6,9,14-15H2,1-2H3,(H,34,38)(H,35,39)/t25-,26+,31-,32-/m1/s1. The lowest BCUT2D eigenvalue weighted by Crippen LogP contribution is -2.62. The maximum atomic E-state index is 14.7. The molecule has 3 aromatic carbocycles. The monoisotopic (exact) mass is 555 g/mol. The van der Waals surface area contributed by atoms with E-state index in [1.165, 1.54) is 0 Å². The van der Waals surface area contributed by atoms with E-state index in [1.54, 1.807) is 30.3 Å². The molecule has 2 amide bonds. The van der Waals surface area contributed by atoms with Crippen LogP contribution in [0.3, 0.4) is 0 Å². The normalized spacial score (nSPS) is 28.0. The van der Waals surface area contributed by atoms with E-state index in [4.69, 9.17) is 16.3 Å². The summed E-state index contributed by atoms with van der Waals surface area (Å²) < 4.78 is 5.74. The Balaban J connectivity index is 1.50. The van der Waals surface area contributed by atoms with E-state index in [9.17, 15) is 14.4 Å². The van der Waals surface area contributed by atoms with Crippen molar-refractivity contribution in [2.75, 3.05) is 23.8 Å². The zero-order chi connectivity index (χ0) is 27.8. The van der Waals surface area contributed by atoms with Gasteiger partial charge in [-0.3, -0.25) is 19.3 Å². The van der Waals surface area contributed by atoms with Crippen molar-refractivity contribution >= 4 is 40.6 Å². The molecule has 2 N–H and O–H groups in total. The quantitative estimate of drug-likeness (QED) is 0.409. The van der Waals surface area contributed by atoms with E-state index < -0.39 is 16.9 Å². The van der Waals surface area contributed by atoms with Gasteiger partial charge in [0.2, 0.25) is 5.91 Å². The van der Waals surface area contributed by atoms with Crippen molar-refractivity contribution in [1.29, 1.82) is 0 Å². The molecule has 8 heteroatoms. The fourth-order valence-electron chi connectivity index (χ4n) is 7.93. The molecule has 0 radical (unpaired) electrons. The van der Waals surface area contributed by atoms with Crippen molar-refractivity contribution in [2.45, 2.75) is 50.1 Å². The molecule has 0 aliphatic carbocycles. The third kappa shape index (κ3) is 3.02. The van der Waals surface area contributed by atoms with Crippen LogP contribution < -0.4 is 15.4 Å². The summed E-state index contributed by atoms with van der Waals surface area (Å²) in [6, 6.07) is 17.9. The van der Waals surface area contributed by atoms with Crippen molar-refractivity contribution in [2.24, 2.45) is 5.92 Å². The van der Waals surface area contributed by atoms with Gasteiger partial charge in [-0.1, -0.05) is 36.7 Å². The number of hydrogen-bond acceptors (Lipinski definition) is 5. The molecule has 3 aromatic rings. The molecule has 2 spiro atoms. The Bertz CT molecular complexity index is 1590. The van der Waals surface area contributed by atoms with E-state index in [0.717, 1.165) is 18.4 Å². The highest BCUT2D eigenvalue weighted by Gasteiger charge is 2.81. The Kier molecular flexibility index (Phi) is 5.64. The van der Waals surface area contributed by atoms with Gasteiger partial charge in [-0.05, 0) is 86.3 Å². The van der Waals surface area contributed by atoms with Crippen LogP contribution in [0.1, 0.15) is 53.2 Å². The number of ketones is 1. The number of hydrogen-bond donors (Lipinski definition) is 2. The number of anilines is 2. The number of amides is 2. The highest BCUT2D eigenvalue weighted by molar-refractivity contribution is 6.31. The maximum absolute atomic E-state index is 14.7. The average molecular weight is 556 g/mol. The van der Waals surface area contributed by atoms with Gasteiger partial charge in [0.15, 0.2) is 5.78 Å². The first-order chi connectivity index (χ1) is 19.3. The van der Waals surface area contributed by atoms with Crippen LogP contribution in [0.15, 0.2) is 60.7 Å². The zero-order valence-corrected chi connectivity index (χ0v) is 23.2. The minimum absolute atomic E-state index is 0.150. The molecule has 4 aliphatic rings. The molecular formula is C32H30ClN3O4. The topological polar surface area (TPSA) is 87.7 Å². The molecule has 0 unspecified atom stereocenters. The molecule has 4 aliphatic heterocycles. The van der Waals surface area contributed by atoms with Gasteiger partial charge in [0.25, 0.3) is 5.91 Å². The number of ether oxygens (including phenoxy) is 1. The third-order valence-corrected chi connectivity index (χ3v) is 9.48. The number of fused-ring (bicyclic) bond motifs is 7. The van der Waals surface area contributed by atoms with Gasteiger partial charge in [-0.2, -0.15) is 0 Å². The number of halogens is 1. The third-order valence-electron chi connectivity index (χ3n) is 9.26. The molecular weight excluding hydrogens is 526 g/mol. The minimum Gasteiger partial charge on any atom is -0.494 e. The summed E-state index contributed by atoms with van der Waals surface area (Å²) in [5, 5.41) is 6.68. The summed E-state index contributed by atoms with van der Waals surface area (Å²) in [6.07, 6.45) is 2.41. The second-order valence-electron chi connectivity index (χ2n) is 11.2. The van der Waals surface area contributed by atoms with E-state index in [1.807, 2.05) is 44.2 Å². The van der Waals surface area contributed by atoms with Gasteiger partial charge in [-0.25, -0.2) is 0 Å². The number of carbonyl (C=O) groups is 3. The van der Waals surface area contributed by atoms with E-state index in [0.29, 0.717) is 58.4 Å². The second kappa shape index (κ2) is 8.91. The number of Topliss-reactive ketones (excluding diaryl/α,β-unsaturated/α-hetero) is 1. The van der Waals surface area contributed by atoms with Crippen LogP contribution in [-0.2, 0) is 20.5 Å². The zero-order valence-electron chi connectivity index (χ0n) is 22.4. The van der Waals surface area contributed by atoms with Gasteiger partial charge < -0.3 is 15.4 Å². The summed E-state index contributed by atoms with van der Waals surface area (Å²) in [5.74, 6) is -0.869. The molecule has 204 valence electrons. The molecule has 7 rings (SSSR count). The Morgan fingerprint density at radius 2 is 1.82 bits per heavy atom. The average Bonchev–Trinajstić information content (AvgIpc) is 3.67. The molecule has 4 heterocycles. The van der Waals surface area contributed by atoms with Crippen molar-refractivity contribution in [3.8, 4) is 5.75 Å². The molecule has 0 saturated carbocycles. The number of rotatable bonds is 5. The van der Waals surface area contributed by atoms with Crippen LogP contribution >= 0.6 is 11.6 Å². The first kappa shape index (κ1) is 25.3. The Morgan fingerprint density at radius 3 is 2.60 bits per heavy atom. The summed E-state index contributed by atoms with van der Waals surface area (Å²) >= 11 is 6.62. The first-order valence-electron chi connectivity index (χ1n) is 13.9. The summed E-state index contributed by atoms with van der Waals surface area (Å²) in [7, 11) is 0. The van der Waals surface area contributed by atoms with Crippen LogP contribution in [-0.4, -0.2) is 41.7 Å². The number of aryl methyl sites for hydroxylation is 1. The number of carbonyl (C=O) groups excluding carboxylic acids is 3. The largest absolute Gasteiger partial charge is 0.494 e. The predicted octanol–water partition coefficient (Wildman–Crippen LogP) is 5.45. The summed E-state index contributed by atoms with van der Waals surface area (Å²) in [5.41, 5.74) is 1.04. The van der Waals surface area contributed by atoms with Crippen LogP contribution in [0.4, 0.5) is 11.4 Å². The van der Waals surface area contributed by atoms with E-state index in [-0.39, 0.29) is 23.6 Å². The number of nitrogens with one attached hydrogen (secondary N) is 2. The molecule has 4 atom stereocenters. The first-order valence-corrected chi connectivity index (χ1v) is 14.3. The van der Waals surface area contributed by atoms with Crippen molar-refractivity contribution in [3.63, 3.8) is 0 Å². The van der Waals surface area contributed by atoms with Gasteiger partial charge in [0, 0.05) is 33.6 Å². The number of benzene rings is 3. The molecule has 0 aromatic heterocycles. The lowest BCUT2D eigenvalue weighted by atomic mass is 9.57. The Morgan fingerprint density at radius 1 is 1.05 bits per heavy atom. The lowest BCUT2D eigenvalue weighted by molar-refractivity contribution is -0.137. The Labute approximate surface area is 237 Å². The van der Waals surface area contributed by atoms with Crippen LogP contribution in [0.5, 0.6) is 5.75 Å². The fraction of sp³-hybridized carbons (Fsp3) is 0.344. The SMILES string of the molecule is CCCOc1ccc(C(=O)[C@@H]2[C@H]3CCCN3[C@]3(C(=O)Nc4c(C)cc(Cl)cc43)[C@@]23C(=O)Nc2ccccc23)cc1. The fourth-order valence-corrected chi connectivity index (χ4v) is 8.20. The van der Waals surface area contributed by atoms with Crippen LogP contribution in [0.25, 0.3) is 0 Å². The predicted molar refractivity (Wildman–Crippen MR) is 153 cm³/mol. The molecule has 0 bridgehead atoms. The van der Waals surface area contributed by atoms with E-state index >= 15 is 0 Å². The molecule has 7 nitrogen and oxygen atoms in total. The van der Waals surface area contributed by atoms with E-state index in [2.05, 4.69) is 15.5 Å². The summed E-state index contributed by atoms with van der Waals surface area (Å²) in [4.78, 5) is 45.9. The van der Waals surface area contributed by atoms with Gasteiger partial charge in [-0.15, -0.1) is 0 Å². The molecule has 40 heavy (non-hydrogen) atoms. The maximum Gasteiger partial charge on any atom is 0.251 e. The highest BCUT2D eigenvalue weighted by atomic mass is 35.5. The van der Waals surface area contributed by atoms with Crippen LogP contribution in [0.2, 0.25) is 5.02 Å². The van der Waals surface area contributed by atoms with Crippen molar-refractivity contribution < 1.29 is 19.1 Å². The minimum atomic E-state index is -1.49. The number of para-hydroxylation sites is 1. The van der Waals surface area contributed by atoms with Gasteiger partial charge >= 0.3 is 0 Å². The lowest BCUT2D eigenvalue weighted by Gasteiger charge is -2.43. The van der Waals surface area contributed by atoms with Crippen molar-refractivity contribution in [1.82, 2.24) is 4.90 Å². The molecule has 2 saturated heterocycles. The van der Waals surface area contributed by atoms with Crippen molar-refractivity contribution in [3.05, 3.63) is 87.9 Å². The highest BCUT2D eigenvalue weighted by Crippen LogP contribution is 2.68. The molecule has 2 fully saturated rings. The number of nitrogens with zero attached hydrogens (tertiary/aromatic N) is 1. The smallest absolute Gasteiger partial charge is 0.251 e. The summed E-state index contributed by atoms with van der Waals surface area (Å²) in [6.45, 7) is 5.12. The van der Waals surface area contributed by atoms with Crippen LogP contribution in [0, 0.1) is 12.8 Å². The van der Waals surface area contributed by atoms with Gasteiger partial charge in [0.1, 0.15) is 16.7 Å². The van der Waals surface area contributed by atoms with Gasteiger partial charge in [0.05, 0.1) is 12.5 Å². The Hall–Kier alpha value is -3.68. The second-order valence-corrected chi connectivity index (χ2v) is 11.7.